The topological polar surface area (TPSA) is 0 Å². The maximum Gasteiger partial charge on any atom is -0.0276 e. The Hall–Kier alpha value is -0.610. The highest BCUT2D eigenvalue weighted by Crippen LogP contribution is 2.14. The summed E-state index contributed by atoms with van der Waals surface area (Å²) in [5.74, 6) is 0. The van der Waals surface area contributed by atoms with Gasteiger partial charge < -0.3 is 0 Å². The first-order chi connectivity index (χ1) is 6.93. The fourth-order valence-electron chi connectivity index (χ4n) is 1.39. The van der Waals surface area contributed by atoms with E-state index in [2.05, 4.69) is 36.9 Å². The summed E-state index contributed by atoms with van der Waals surface area (Å²) in [6.45, 7) is 3.73. The van der Waals surface area contributed by atoms with Crippen LogP contribution in [0.3, 0.4) is 0 Å². The third-order valence-electron chi connectivity index (χ3n) is 2.19. The fraction of sp³-hybridized carbons (Fsp3) is 0.385. The lowest BCUT2D eigenvalue weighted by Crippen LogP contribution is -1.86. The third-order valence-corrected chi connectivity index (χ3v) is 3.54. The predicted octanol–water partition coefficient (Wildman–Crippen LogP) is 3.87. The van der Waals surface area contributed by atoms with Gasteiger partial charge in [-0.15, -0.1) is 15.2 Å². The Kier molecular flexibility index (Phi) is 6.36. The molecule has 0 nitrogen and oxygen atoms in total. The molecule has 1 atom stereocenters. The van der Waals surface area contributed by atoms with Crippen molar-refractivity contribution in [2.24, 2.45) is 0 Å². The fourth-order valence-corrected chi connectivity index (χ4v) is 2.48. The average molecular weight is 206 g/mol. The molecule has 76 valence electrons. The minimum Gasteiger partial charge on any atom is -0.122 e. The lowest BCUT2D eigenvalue weighted by atomic mass is 10.1. The van der Waals surface area contributed by atoms with Crippen molar-refractivity contribution in [1.29, 1.82) is 0 Å². The summed E-state index contributed by atoms with van der Waals surface area (Å²) in [6, 6.07) is 10.7. The SMILES string of the molecule is C=CCCPCCCc1ccccc1. The summed E-state index contributed by atoms with van der Waals surface area (Å²) in [5, 5.41) is 0. The Balaban J connectivity index is 2.02. The van der Waals surface area contributed by atoms with Crippen LogP contribution in [0.15, 0.2) is 43.0 Å². The van der Waals surface area contributed by atoms with Crippen molar-refractivity contribution < 1.29 is 0 Å². The highest BCUT2D eigenvalue weighted by molar-refractivity contribution is 7.37. The van der Waals surface area contributed by atoms with Crippen molar-refractivity contribution in [3.05, 3.63) is 48.6 Å². The van der Waals surface area contributed by atoms with Crippen LogP contribution in [-0.4, -0.2) is 12.3 Å². The van der Waals surface area contributed by atoms with Gasteiger partial charge >= 0.3 is 0 Å². The molecule has 0 saturated heterocycles. The molecular weight excluding hydrogens is 187 g/mol. The Bertz CT molecular complexity index is 241. The number of hydrogen-bond donors (Lipinski definition) is 0. The van der Waals surface area contributed by atoms with E-state index in [-0.39, 0.29) is 0 Å². The highest BCUT2D eigenvalue weighted by atomic mass is 31.1. The quantitative estimate of drug-likeness (QED) is 0.361. The zero-order chi connectivity index (χ0) is 10.1. The lowest BCUT2D eigenvalue weighted by Gasteiger charge is -2.01. The molecule has 1 aromatic rings. The van der Waals surface area contributed by atoms with Crippen LogP contribution in [0.2, 0.25) is 0 Å². The summed E-state index contributed by atoms with van der Waals surface area (Å²) in [7, 11) is 1.12. The van der Waals surface area contributed by atoms with E-state index < -0.39 is 0 Å². The molecule has 0 spiro atoms. The molecule has 1 aromatic carbocycles. The minimum absolute atomic E-state index is 1.12. The summed E-state index contributed by atoms with van der Waals surface area (Å²) >= 11 is 0. The van der Waals surface area contributed by atoms with Gasteiger partial charge in [-0.25, -0.2) is 0 Å². The van der Waals surface area contributed by atoms with E-state index in [9.17, 15) is 0 Å². The van der Waals surface area contributed by atoms with Crippen LogP contribution < -0.4 is 0 Å². The van der Waals surface area contributed by atoms with Crippen LogP contribution in [0, 0.1) is 0 Å². The first-order valence-electron chi connectivity index (χ1n) is 5.29. The van der Waals surface area contributed by atoms with Crippen LogP contribution >= 0.6 is 8.58 Å². The molecule has 14 heavy (non-hydrogen) atoms. The molecule has 0 fully saturated rings. The first-order valence-corrected chi connectivity index (χ1v) is 6.70. The molecule has 0 N–H and O–H groups in total. The van der Waals surface area contributed by atoms with Gasteiger partial charge in [0.25, 0.3) is 0 Å². The van der Waals surface area contributed by atoms with E-state index in [0.717, 1.165) is 8.58 Å². The van der Waals surface area contributed by atoms with Gasteiger partial charge in [-0.1, -0.05) is 36.4 Å². The second-order valence-electron chi connectivity index (χ2n) is 3.42. The number of hydrogen-bond acceptors (Lipinski definition) is 0. The molecule has 1 rings (SSSR count). The molecule has 0 heterocycles. The molecule has 0 aromatic heterocycles. The third kappa shape index (κ3) is 5.19. The smallest absolute Gasteiger partial charge is 0.0276 e. The molecule has 0 radical (unpaired) electrons. The number of rotatable bonds is 7. The van der Waals surface area contributed by atoms with Gasteiger partial charge in [0, 0.05) is 0 Å². The monoisotopic (exact) mass is 206 g/mol. The van der Waals surface area contributed by atoms with Crippen molar-refractivity contribution in [3.8, 4) is 0 Å². The van der Waals surface area contributed by atoms with Crippen molar-refractivity contribution in [2.45, 2.75) is 19.3 Å². The number of allylic oxidation sites excluding steroid dienone is 1. The van der Waals surface area contributed by atoms with Crippen molar-refractivity contribution >= 4 is 8.58 Å². The molecule has 0 bridgehead atoms. The van der Waals surface area contributed by atoms with Gasteiger partial charge in [0.05, 0.1) is 0 Å². The van der Waals surface area contributed by atoms with Crippen LogP contribution in [0.5, 0.6) is 0 Å². The second-order valence-corrected chi connectivity index (χ2v) is 4.92. The summed E-state index contributed by atoms with van der Waals surface area (Å²) in [6.07, 6.45) is 8.48. The standard InChI is InChI=1S/C13H19P/c1-2-3-11-14-12-7-10-13-8-5-4-6-9-13/h2,4-6,8-9,14H,1,3,7,10-12H2. The van der Waals surface area contributed by atoms with Gasteiger partial charge in [0.2, 0.25) is 0 Å². The zero-order valence-electron chi connectivity index (χ0n) is 8.71. The zero-order valence-corrected chi connectivity index (χ0v) is 9.71. The summed E-state index contributed by atoms with van der Waals surface area (Å²) in [4.78, 5) is 0. The lowest BCUT2D eigenvalue weighted by molar-refractivity contribution is 0.929. The first kappa shape index (κ1) is 11.5. The van der Waals surface area contributed by atoms with Crippen LogP contribution in [0.25, 0.3) is 0 Å². The maximum absolute atomic E-state index is 3.73. The van der Waals surface area contributed by atoms with E-state index in [1.165, 1.54) is 37.1 Å². The Morgan fingerprint density at radius 2 is 1.93 bits per heavy atom. The molecule has 1 heteroatoms. The number of aryl methyl sites for hydroxylation is 1. The summed E-state index contributed by atoms with van der Waals surface area (Å²) in [5.41, 5.74) is 1.47. The van der Waals surface area contributed by atoms with Gasteiger partial charge in [0.1, 0.15) is 0 Å². The van der Waals surface area contributed by atoms with Gasteiger partial charge in [0.15, 0.2) is 0 Å². The van der Waals surface area contributed by atoms with Crippen LogP contribution in [0.1, 0.15) is 18.4 Å². The Morgan fingerprint density at radius 1 is 1.14 bits per heavy atom. The van der Waals surface area contributed by atoms with Gasteiger partial charge in [-0.2, -0.15) is 0 Å². The minimum atomic E-state index is 1.12. The largest absolute Gasteiger partial charge is 0.122 e. The van der Waals surface area contributed by atoms with E-state index in [1.54, 1.807) is 0 Å². The van der Waals surface area contributed by atoms with Crippen molar-refractivity contribution in [1.82, 2.24) is 0 Å². The Morgan fingerprint density at radius 3 is 2.64 bits per heavy atom. The van der Waals surface area contributed by atoms with Crippen LogP contribution in [-0.2, 0) is 6.42 Å². The molecule has 0 aliphatic rings. The highest BCUT2D eigenvalue weighted by Gasteiger charge is 1.91. The predicted molar refractivity (Wildman–Crippen MR) is 67.6 cm³/mol. The van der Waals surface area contributed by atoms with Crippen LogP contribution in [0.4, 0.5) is 0 Å². The van der Waals surface area contributed by atoms with Gasteiger partial charge in [-0.05, 0) is 37.1 Å². The van der Waals surface area contributed by atoms with E-state index >= 15 is 0 Å². The number of benzene rings is 1. The molecule has 1 unspecified atom stereocenters. The Labute approximate surface area is 89.2 Å². The molecule has 0 aliphatic heterocycles. The normalized spacial score (nSPS) is 10.9. The molecule has 0 saturated carbocycles. The molecule has 0 aliphatic carbocycles. The van der Waals surface area contributed by atoms with E-state index in [4.69, 9.17) is 0 Å². The van der Waals surface area contributed by atoms with E-state index in [1.807, 2.05) is 6.08 Å². The average Bonchev–Trinajstić information content (AvgIpc) is 2.25. The molecule has 0 amide bonds. The molecular formula is C13H19P. The van der Waals surface area contributed by atoms with Gasteiger partial charge in [-0.3, -0.25) is 0 Å². The van der Waals surface area contributed by atoms with Crippen molar-refractivity contribution in [3.63, 3.8) is 0 Å². The van der Waals surface area contributed by atoms with Crippen molar-refractivity contribution in [2.75, 3.05) is 12.3 Å². The van der Waals surface area contributed by atoms with E-state index in [0.29, 0.717) is 0 Å². The maximum atomic E-state index is 3.73. The summed E-state index contributed by atoms with van der Waals surface area (Å²) < 4.78 is 0. The second kappa shape index (κ2) is 7.76.